The molecule has 1 aliphatic heterocycles. The number of anilines is 1. The van der Waals surface area contributed by atoms with E-state index in [-0.39, 0.29) is 22.6 Å². The van der Waals surface area contributed by atoms with Gasteiger partial charge in [0.25, 0.3) is 5.91 Å². The average Bonchev–Trinajstić information content (AvgIpc) is 2.89. The van der Waals surface area contributed by atoms with Gasteiger partial charge in [0.15, 0.2) is 9.84 Å². The van der Waals surface area contributed by atoms with Crippen molar-refractivity contribution in [1.29, 1.82) is 0 Å². The van der Waals surface area contributed by atoms with Crippen molar-refractivity contribution in [2.75, 3.05) is 24.7 Å². The molecule has 0 aromatic heterocycles. The number of carbonyl (C=O) groups excluding carboxylic acids is 2. The minimum Gasteiger partial charge on any atom is -0.339 e. The third-order valence-electron chi connectivity index (χ3n) is 6.77. The number of rotatable bonds is 7. The fourth-order valence-corrected chi connectivity index (χ4v) is 5.29. The smallest absolute Gasteiger partial charge is 0.253 e. The monoisotopic (exact) mass is 504 g/mol. The van der Waals surface area contributed by atoms with Crippen LogP contribution in [0.25, 0.3) is 0 Å². The minimum atomic E-state index is -3.36. The summed E-state index contributed by atoms with van der Waals surface area (Å²) in [5, 5.41) is 3.01. The molecule has 1 N–H and O–H groups in total. The Balaban J connectivity index is 1.30. The summed E-state index contributed by atoms with van der Waals surface area (Å²) >= 11 is 0. The molecule has 188 valence electrons. The second-order valence-corrected chi connectivity index (χ2v) is 11.6. The number of hydrogen-bond donors (Lipinski definition) is 1. The van der Waals surface area contributed by atoms with E-state index in [0.717, 1.165) is 30.3 Å². The molecule has 0 saturated carbocycles. The predicted molar refractivity (Wildman–Crippen MR) is 142 cm³/mol. The van der Waals surface area contributed by atoms with Gasteiger partial charge in [0, 0.05) is 36.5 Å². The predicted octanol–water partition coefficient (Wildman–Crippen LogP) is 4.93. The third kappa shape index (κ3) is 6.40. The molecular formula is C29H32N2O4S. The number of sulfone groups is 1. The maximum Gasteiger partial charge on any atom is 0.253 e. The summed E-state index contributed by atoms with van der Waals surface area (Å²) in [7, 11) is -3.36. The van der Waals surface area contributed by atoms with Crippen LogP contribution >= 0.6 is 0 Å². The molecule has 1 heterocycles. The summed E-state index contributed by atoms with van der Waals surface area (Å²) in [5.41, 5.74) is 3.51. The molecule has 0 spiro atoms. The molecule has 4 rings (SSSR count). The number of hydrogen-bond acceptors (Lipinski definition) is 4. The van der Waals surface area contributed by atoms with Gasteiger partial charge in [-0.15, -0.1) is 0 Å². The van der Waals surface area contributed by atoms with E-state index in [1.165, 1.54) is 17.7 Å². The lowest BCUT2D eigenvalue weighted by molar-refractivity contribution is -0.119. The van der Waals surface area contributed by atoms with Crippen molar-refractivity contribution >= 4 is 27.3 Å². The maximum absolute atomic E-state index is 12.9. The van der Waals surface area contributed by atoms with Gasteiger partial charge >= 0.3 is 0 Å². The van der Waals surface area contributed by atoms with E-state index in [2.05, 4.69) is 17.4 Å². The van der Waals surface area contributed by atoms with E-state index in [1.807, 2.05) is 49.4 Å². The number of likely N-dealkylation sites (tertiary alicyclic amines) is 1. The van der Waals surface area contributed by atoms with Gasteiger partial charge in [-0.2, -0.15) is 0 Å². The van der Waals surface area contributed by atoms with Crippen LogP contribution in [0.1, 0.15) is 47.2 Å². The second kappa shape index (κ2) is 11.1. The zero-order chi connectivity index (χ0) is 25.7. The molecular weight excluding hydrogens is 472 g/mol. The van der Waals surface area contributed by atoms with Crippen molar-refractivity contribution in [2.45, 2.75) is 37.0 Å². The van der Waals surface area contributed by atoms with Gasteiger partial charge in [0.1, 0.15) is 0 Å². The fraction of sp³-hybridized carbons (Fsp3) is 0.310. The van der Waals surface area contributed by atoms with Gasteiger partial charge in [0.05, 0.1) is 4.90 Å². The van der Waals surface area contributed by atoms with Crippen molar-refractivity contribution in [2.24, 2.45) is 5.92 Å². The van der Waals surface area contributed by atoms with Crippen molar-refractivity contribution in [3.8, 4) is 0 Å². The first-order valence-corrected chi connectivity index (χ1v) is 14.1. The lowest BCUT2D eigenvalue weighted by Crippen LogP contribution is -2.38. The van der Waals surface area contributed by atoms with Crippen LogP contribution in [0.2, 0.25) is 0 Å². The second-order valence-electron chi connectivity index (χ2n) is 9.57. The summed E-state index contributed by atoms with van der Waals surface area (Å²) < 4.78 is 23.7. The zero-order valence-electron chi connectivity index (χ0n) is 20.7. The van der Waals surface area contributed by atoms with E-state index in [4.69, 9.17) is 0 Å². The van der Waals surface area contributed by atoms with Gasteiger partial charge in [-0.3, -0.25) is 9.59 Å². The summed E-state index contributed by atoms with van der Waals surface area (Å²) in [6.07, 6.45) is 3.50. The van der Waals surface area contributed by atoms with Gasteiger partial charge in [-0.1, -0.05) is 55.5 Å². The molecule has 1 saturated heterocycles. The Hall–Kier alpha value is -3.45. The van der Waals surface area contributed by atoms with Crippen LogP contribution in [-0.4, -0.2) is 44.5 Å². The summed E-state index contributed by atoms with van der Waals surface area (Å²) in [4.78, 5) is 27.5. The van der Waals surface area contributed by atoms with E-state index in [1.54, 1.807) is 17.0 Å². The third-order valence-corrected chi connectivity index (χ3v) is 7.88. The first-order chi connectivity index (χ1) is 17.2. The summed E-state index contributed by atoms with van der Waals surface area (Å²) in [5.74, 6) is 0.0604. The Kier molecular flexibility index (Phi) is 7.89. The number of amides is 2. The van der Waals surface area contributed by atoms with E-state index in [0.29, 0.717) is 31.0 Å². The molecule has 7 heteroatoms. The van der Waals surface area contributed by atoms with Gasteiger partial charge in [0.2, 0.25) is 5.91 Å². The summed E-state index contributed by atoms with van der Waals surface area (Å²) in [6.45, 7) is 3.16. The van der Waals surface area contributed by atoms with Crippen molar-refractivity contribution in [3.05, 3.63) is 95.6 Å². The largest absolute Gasteiger partial charge is 0.339 e. The molecule has 6 nitrogen and oxygen atoms in total. The first kappa shape index (κ1) is 25.6. The quantitative estimate of drug-likeness (QED) is 0.495. The van der Waals surface area contributed by atoms with E-state index >= 15 is 0 Å². The zero-order valence-corrected chi connectivity index (χ0v) is 21.5. The lowest BCUT2D eigenvalue weighted by atomic mass is 9.89. The van der Waals surface area contributed by atoms with Crippen molar-refractivity contribution in [1.82, 2.24) is 4.90 Å². The van der Waals surface area contributed by atoms with Crippen LogP contribution in [-0.2, 0) is 21.1 Å². The van der Waals surface area contributed by atoms with Crippen molar-refractivity contribution < 1.29 is 18.0 Å². The summed E-state index contributed by atoms with van der Waals surface area (Å²) in [6, 6.07) is 24.2. The number of piperidine rings is 1. The molecule has 1 unspecified atom stereocenters. The molecule has 0 aliphatic carbocycles. The molecule has 1 atom stereocenters. The Labute approximate surface area is 213 Å². The minimum absolute atomic E-state index is 0.00151. The van der Waals surface area contributed by atoms with Gasteiger partial charge in [-0.05, 0) is 66.6 Å². The molecule has 3 aromatic rings. The van der Waals surface area contributed by atoms with Crippen LogP contribution in [0.5, 0.6) is 0 Å². The van der Waals surface area contributed by atoms with E-state index < -0.39 is 9.84 Å². The van der Waals surface area contributed by atoms with Crippen LogP contribution in [0.15, 0.2) is 83.8 Å². The SMILES string of the molecule is CC(Cc1ccccc1)C(=O)Nc1ccc(C2CCN(C(=O)c3cccc(S(C)(=O)=O)c3)CC2)cc1. The molecule has 0 bridgehead atoms. The molecule has 0 radical (unpaired) electrons. The lowest BCUT2D eigenvalue weighted by Gasteiger charge is -2.32. The molecule has 1 aliphatic rings. The Bertz CT molecular complexity index is 1310. The number of nitrogens with one attached hydrogen (secondary N) is 1. The molecule has 1 fully saturated rings. The first-order valence-electron chi connectivity index (χ1n) is 12.2. The fourth-order valence-electron chi connectivity index (χ4n) is 4.62. The van der Waals surface area contributed by atoms with Crippen LogP contribution < -0.4 is 5.32 Å². The van der Waals surface area contributed by atoms with Gasteiger partial charge in [-0.25, -0.2) is 8.42 Å². The normalized spacial score (nSPS) is 15.3. The van der Waals surface area contributed by atoms with Gasteiger partial charge < -0.3 is 10.2 Å². The van der Waals surface area contributed by atoms with Crippen molar-refractivity contribution in [3.63, 3.8) is 0 Å². The average molecular weight is 505 g/mol. The molecule has 2 amide bonds. The topological polar surface area (TPSA) is 83.6 Å². The highest BCUT2D eigenvalue weighted by molar-refractivity contribution is 7.90. The highest BCUT2D eigenvalue weighted by Gasteiger charge is 2.25. The van der Waals surface area contributed by atoms with E-state index in [9.17, 15) is 18.0 Å². The number of carbonyl (C=O) groups is 2. The highest BCUT2D eigenvalue weighted by Crippen LogP contribution is 2.30. The van der Waals surface area contributed by atoms with Crippen LogP contribution in [0, 0.1) is 5.92 Å². The molecule has 36 heavy (non-hydrogen) atoms. The standard InChI is InChI=1S/C29H32N2O4S/c1-21(19-22-7-4-3-5-8-22)28(32)30-26-13-11-23(12-14-26)24-15-17-31(18-16-24)29(33)25-9-6-10-27(20-25)36(2,34)35/h3-14,20-21,24H,15-19H2,1-2H3,(H,30,32). The Morgan fingerprint density at radius 2 is 1.61 bits per heavy atom. The molecule has 3 aromatic carbocycles. The maximum atomic E-state index is 12.9. The number of nitrogens with zero attached hydrogens (tertiary/aromatic N) is 1. The Morgan fingerprint density at radius 1 is 0.944 bits per heavy atom. The van der Waals surface area contributed by atoms with Crippen LogP contribution in [0.4, 0.5) is 5.69 Å². The highest BCUT2D eigenvalue weighted by atomic mass is 32.2. The Morgan fingerprint density at radius 3 is 2.25 bits per heavy atom. The van der Waals surface area contributed by atoms with Crippen LogP contribution in [0.3, 0.4) is 0 Å². The number of benzene rings is 3.